The topological polar surface area (TPSA) is 25.8 Å². The minimum atomic E-state index is 0.935. The third kappa shape index (κ3) is 6.52. The minimum absolute atomic E-state index is 0.935. The van der Waals surface area contributed by atoms with Crippen LogP contribution in [0.15, 0.2) is 36.8 Å². The van der Waals surface area contributed by atoms with Crippen molar-refractivity contribution in [1.29, 1.82) is 0 Å². The van der Waals surface area contributed by atoms with E-state index in [4.69, 9.17) is 0 Å². The van der Waals surface area contributed by atoms with Crippen molar-refractivity contribution < 1.29 is 0 Å². The Morgan fingerprint density at radius 2 is 1.62 bits per heavy atom. The van der Waals surface area contributed by atoms with Gasteiger partial charge in [-0.15, -0.1) is 0 Å². The number of hydrogen-bond acceptors (Lipinski definition) is 2. The van der Waals surface area contributed by atoms with Gasteiger partial charge in [-0.3, -0.25) is 9.97 Å². The van der Waals surface area contributed by atoms with E-state index in [2.05, 4.69) is 55.9 Å². The summed E-state index contributed by atoms with van der Waals surface area (Å²) in [7, 11) is 0. The molecule has 0 aliphatic heterocycles. The standard InChI is InChI=1S/C12H12N2.C7H16/c1-9-3-4-11(10(2)7-9)12-8-13-5-6-14-12;1-3-5-7-6-4-2/h3-8H,1-2H3;3-7H2,1-2H3. The molecule has 2 aromatic rings. The Balaban J connectivity index is 0.000000270. The fourth-order valence-electron chi connectivity index (χ4n) is 2.22. The van der Waals surface area contributed by atoms with Crippen molar-refractivity contribution >= 4 is 0 Å². The van der Waals surface area contributed by atoms with Crippen molar-refractivity contribution in [3.63, 3.8) is 0 Å². The predicted octanol–water partition coefficient (Wildman–Crippen LogP) is 5.74. The zero-order chi connectivity index (χ0) is 15.5. The number of unbranched alkanes of at least 4 members (excludes halogenated alkanes) is 4. The van der Waals surface area contributed by atoms with Crippen molar-refractivity contribution in [3.05, 3.63) is 47.9 Å². The average molecular weight is 284 g/mol. The molecule has 0 unspecified atom stereocenters. The van der Waals surface area contributed by atoms with Gasteiger partial charge in [-0.1, -0.05) is 69.7 Å². The maximum atomic E-state index is 4.28. The summed E-state index contributed by atoms with van der Waals surface area (Å²) >= 11 is 0. The molecule has 0 N–H and O–H groups in total. The molecule has 0 aliphatic rings. The first-order valence-corrected chi connectivity index (χ1v) is 8.02. The van der Waals surface area contributed by atoms with Gasteiger partial charge in [0.25, 0.3) is 0 Å². The van der Waals surface area contributed by atoms with Gasteiger partial charge in [-0.05, 0) is 19.4 Å². The molecule has 0 atom stereocenters. The Morgan fingerprint density at radius 3 is 2.14 bits per heavy atom. The van der Waals surface area contributed by atoms with Crippen molar-refractivity contribution in [2.75, 3.05) is 0 Å². The van der Waals surface area contributed by atoms with E-state index in [0.29, 0.717) is 0 Å². The quantitative estimate of drug-likeness (QED) is 0.654. The van der Waals surface area contributed by atoms with E-state index in [1.165, 1.54) is 43.2 Å². The maximum absolute atomic E-state index is 4.28. The number of aryl methyl sites for hydroxylation is 2. The largest absolute Gasteiger partial charge is 0.261 e. The second-order valence-corrected chi connectivity index (χ2v) is 5.47. The number of hydrogen-bond donors (Lipinski definition) is 0. The monoisotopic (exact) mass is 284 g/mol. The molecule has 0 aliphatic carbocycles. The number of rotatable bonds is 5. The second-order valence-electron chi connectivity index (χ2n) is 5.47. The van der Waals surface area contributed by atoms with Crippen LogP contribution >= 0.6 is 0 Å². The van der Waals surface area contributed by atoms with E-state index < -0.39 is 0 Å². The number of nitrogens with zero attached hydrogens (tertiary/aromatic N) is 2. The van der Waals surface area contributed by atoms with Crippen LogP contribution in [0.2, 0.25) is 0 Å². The molecule has 0 saturated heterocycles. The smallest absolute Gasteiger partial charge is 0.0887 e. The molecular formula is C19H28N2. The Bertz CT molecular complexity index is 502. The summed E-state index contributed by atoms with van der Waals surface area (Å²) in [6, 6.07) is 6.34. The van der Waals surface area contributed by atoms with Crippen LogP contribution in [-0.4, -0.2) is 9.97 Å². The fourth-order valence-corrected chi connectivity index (χ4v) is 2.22. The zero-order valence-corrected chi connectivity index (χ0v) is 13.9. The van der Waals surface area contributed by atoms with Gasteiger partial charge in [0.1, 0.15) is 0 Å². The summed E-state index contributed by atoms with van der Waals surface area (Å²) in [6.45, 7) is 8.68. The van der Waals surface area contributed by atoms with Crippen LogP contribution in [0.1, 0.15) is 57.1 Å². The van der Waals surface area contributed by atoms with Gasteiger partial charge in [-0.2, -0.15) is 0 Å². The number of aromatic nitrogens is 2. The molecule has 2 rings (SSSR count). The van der Waals surface area contributed by atoms with Gasteiger partial charge < -0.3 is 0 Å². The molecule has 0 bridgehead atoms. The highest BCUT2D eigenvalue weighted by atomic mass is 14.8. The molecule has 2 heteroatoms. The van der Waals surface area contributed by atoms with E-state index in [1.54, 1.807) is 18.6 Å². The molecule has 2 nitrogen and oxygen atoms in total. The number of benzene rings is 1. The summed E-state index contributed by atoms with van der Waals surface area (Å²) in [5.74, 6) is 0. The molecule has 1 heterocycles. The van der Waals surface area contributed by atoms with E-state index in [-0.39, 0.29) is 0 Å². The predicted molar refractivity (Wildman–Crippen MR) is 91.4 cm³/mol. The fraction of sp³-hybridized carbons (Fsp3) is 0.474. The zero-order valence-electron chi connectivity index (χ0n) is 13.9. The van der Waals surface area contributed by atoms with Gasteiger partial charge in [0.05, 0.1) is 11.9 Å². The maximum Gasteiger partial charge on any atom is 0.0887 e. The second kappa shape index (κ2) is 10.1. The van der Waals surface area contributed by atoms with Crippen LogP contribution in [0.5, 0.6) is 0 Å². The summed E-state index contributed by atoms with van der Waals surface area (Å²) in [4.78, 5) is 8.34. The lowest BCUT2D eigenvalue weighted by Crippen LogP contribution is -1.88. The van der Waals surface area contributed by atoms with Crippen molar-refractivity contribution in [2.45, 2.75) is 59.8 Å². The van der Waals surface area contributed by atoms with Crippen molar-refractivity contribution in [3.8, 4) is 11.3 Å². The normalized spacial score (nSPS) is 9.90. The van der Waals surface area contributed by atoms with Gasteiger partial charge in [0, 0.05) is 18.0 Å². The Labute approximate surface area is 129 Å². The molecule has 1 aromatic carbocycles. The van der Waals surface area contributed by atoms with Crippen molar-refractivity contribution in [2.24, 2.45) is 0 Å². The van der Waals surface area contributed by atoms with E-state index in [0.717, 1.165) is 11.3 Å². The molecule has 0 spiro atoms. The Kier molecular flexibility index (Phi) is 8.34. The third-order valence-corrected chi connectivity index (χ3v) is 3.43. The van der Waals surface area contributed by atoms with Crippen LogP contribution in [0, 0.1) is 13.8 Å². The molecule has 0 amide bonds. The molecule has 0 radical (unpaired) electrons. The molecule has 1 aromatic heterocycles. The Hall–Kier alpha value is -1.70. The first-order chi connectivity index (χ1) is 10.2. The van der Waals surface area contributed by atoms with Crippen molar-refractivity contribution in [1.82, 2.24) is 9.97 Å². The highest BCUT2D eigenvalue weighted by Gasteiger charge is 2.02. The average Bonchev–Trinajstić information content (AvgIpc) is 2.49. The van der Waals surface area contributed by atoms with E-state index in [9.17, 15) is 0 Å². The molecular weight excluding hydrogens is 256 g/mol. The first-order valence-electron chi connectivity index (χ1n) is 8.02. The molecule has 0 saturated carbocycles. The Morgan fingerprint density at radius 1 is 0.905 bits per heavy atom. The SMILES string of the molecule is CCCCCCC.Cc1ccc(-c2cnccn2)c(C)c1. The highest BCUT2D eigenvalue weighted by Crippen LogP contribution is 2.20. The summed E-state index contributed by atoms with van der Waals surface area (Å²) in [5, 5.41) is 0. The minimum Gasteiger partial charge on any atom is -0.261 e. The van der Waals surface area contributed by atoms with E-state index in [1.807, 2.05) is 0 Å². The lowest BCUT2D eigenvalue weighted by atomic mass is 10.0. The van der Waals surface area contributed by atoms with Crippen LogP contribution in [-0.2, 0) is 0 Å². The first kappa shape index (κ1) is 17.4. The van der Waals surface area contributed by atoms with Gasteiger partial charge in [0.15, 0.2) is 0 Å². The third-order valence-electron chi connectivity index (χ3n) is 3.43. The van der Waals surface area contributed by atoms with Gasteiger partial charge >= 0.3 is 0 Å². The highest BCUT2D eigenvalue weighted by molar-refractivity contribution is 5.62. The molecule has 0 fully saturated rings. The summed E-state index contributed by atoms with van der Waals surface area (Å²) in [5.41, 5.74) is 4.61. The molecule has 21 heavy (non-hydrogen) atoms. The van der Waals surface area contributed by atoms with Gasteiger partial charge in [-0.25, -0.2) is 0 Å². The summed E-state index contributed by atoms with van der Waals surface area (Å²) in [6.07, 6.45) is 12.2. The lowest BCUT2D eigenvalue weighted by Gasteiger charge is -2.04. The van der Waals surface area contributed by atoms with Gasteiger partial charge in [0.2, 0.25) is 0 Å². The van der Waals surface area contributed by atoms with E-state index >= 15 is 0 Å². The van der Waals surface area contributed by atoms with Crippen LogP contribution in [0.4, 0.5) is 0 Å². The van der Waals surface area contributed by atoms with Crippen LogP contribution in [0.25, 0.3) is 11.3 Å². The summed E-state index contributed by atoms with van der Waals surface area (Å²) < 4.78 is 0. The van der Waals surface area contributed by atoms with Crippen LogP contribution < -0.4 is 0 Å². The molecule has 114 valence electrons. The van der Waals surface area contributed by atoms with Crippen LogP contribution in [0.3, 0.4) is 0 Å². The lowest BCUT2D eigenvalue weighted by molar-refractivity contribution is 0.656.